The predicted octanol–water partition coefficient (Wildman–Crippen LogP) is -0.124. The Labute approximate surface area is 123 Å². The van der Waals surface area contributed by atoms with Crippen LogP contribution in [0.1, 0.15) is 0 Å². The van der Waals surface area contributed by atoms with Crippen molar-refractivity contribution in [1.82, 2.24) is 14.5 Å². The average Bonchev–Trinajstić information content (AvgIpc) is 2.46. The fourth-order valence-electron chi connectivity index (χ4n) is 2.26. The van der Waals surface area contributed by atoms with Gasteiger partial charge in [0.05, 0.1) is 0 Å². The lowest BCUT2D eigenvalue weighted by Crippen LogP contribution is -2.59. The first-order valence-corrected chi connectivity index (χ1v) is 7.98. The zero-order valence-electron chi connectivity index (χ0n) is 11.9. The number of likely N-dealkylation sites (N-methyl/N-ethyl adjacent to an activating group) is 1. The van der Waals surface area contributed by atoms with Gasteiger partial charge in [-0.3, -0.25) is 4.79 Å². The molecule has 0 aliphatic carbocycles. The fourth-order valence-corrected chi connectivity index (χ4v) is 3.91. The first-order chi connectivity index (χ1) is 9.85. The van der Waals surface area contributed by atoms with Crippen molar-refractivity contribution in [3.63, 3.8) is 0 Å². The van der Waals surface area contributed by atoms with Crippen LogP contribution in [0, 0.1) is 5.82 Å². The largest absolute Gasteiger partial charge is 0.347 e. The zero-order valence-corrected chi connectivity index (χ0v) is 12.7. The highest BCUT2D eigenvalue weighted by Gasteiger charge is 2.39. The zero-order chi connectivity index (χ0) is 15.6. The quantitative estimate of drug-likeness (QED) is 0.844. The third-order valence-electron chi connectivity index (χ3n) is 3.34. The molecule has 8 heteroatoms. The number of amides is 1. The number of hydrogen-bond donors (Lipinski definition) is 1. The average molecular weight is 315 g/mol. The van der Waals surface area contributed by atoms with Crippen molar-refractivity contribution in [2.45, 2.75) is 10.9 Å². The molecule has 0 aromatic heterocycles. The number of sulfonamides is 1. The lowest BCUT2D eigenvalue weighted by atomic mass is 10.2. The summed E-state index contributed by atoms with van der Waals surface area (Å²) >= 11 is 0. The minimum absolute atomic E-state index is 0.126. The summed E-state index contributed by atoms with van der Waals surface area (Å²) in [5, 5.41) is 2.99. The standard InChI is InChI=1S/C13H18FN3O3S/c1-16(2)13(18)11-9-15-7-8-17(11)21(19,20)12-6-4-3-5-10(12)14/h3-6,11,15H,7-9H2,1-2H3. The van der Waals surface area contributed by atoms with E-state index in [1.807, 2.05) is 0 Å². The van der Waals surface area contributed by atoms with Crippen LogP contribution in [-0.4, -0.2) is 63.3 Å². The molecule has 1 saturated heterocycles. The van der Waals surface area contributed by atoms with Gasteiger partial charge in [0.15, 0.2) is 0 Å². The van der Waals surface area contributed by atoms with Crippen molar-refractivity contribution in [1.29, 1.82) is 0 Å². The van der Waals surface area contributed by atoms with E-state index in [-0.39, 0.29) is 19.0 Å². The van der Waals surface area contributed by atoms with Gasteiger partial charge in [-0.2, -0.15) is 4.31 Å². The number of carbonyl (C=O) groups is 1. The van der Waals surface area contributed by atoms with E-state index < -0.39 is 26.8 Å². The molecule has 1 aromatic carbocycles. The second-order valence-corrected chi connectivity index (χ2v) is 6.86. The Hall–Kier alpha value is -1.51. The summed E-state index contributed by atoms with van der Waals surface area (Å²) in [5.41, 5.74) is 0. The van der Waals surface area contributed by atoms with Gasteiger partial charge in [-0.15, -0.1) is 0 Å². The van der Waals surface area contributed by atoms with E-state index in [0.717, 1.165) is 10.4 Å². The Morgan fingerprint density at radius 1 is 1.38 bits per heavy atom. The van der Waals surface area contributed by atoms with Gasteiger partial charge in [0.2, 0.25) is 15.9 Å². The number of nitrogens with zero attached hydrogens (tertiary/aromatic N) is 2. The Morgan fingerprint density at radius 3 is 2.67 bits per heavy atom. The molecule has 1 heterocycles. The summed E-state index contributed by atoms with van der Waals surface area (Å²) in [5.74, 6) is -1.14. The van der Waals surface area contributed by atoms with Crippen LogP contribution in [0.25, 0.3) is 0 Å². The maximum Gasteiger partial charge on any atom is 0.246 e. The van der Waals surface area contributed by atoms with E-state index in [9.17, 15) is 17.6 Å². The molecule has 2 rings (SSSR count). The number of hydrogen-bond acceptors (Lipinski definition) is 4. The van der Waals surface area contributed by atoms with Crippen LogP contribution in [0.15, 0.2) is 29.2 Å². The highest BCUT2D eigenvalue weighted by molar-refractivity contribution is 7.89. The molecular formula is C13H18FN3O3S. The summed E-state index contributed by atoms with van der Waals surface area (Å²) in [6.45, 7) is 0.760. The van der Waals surface area contributed by atoms with Crippen LogP contribution in [0.3, 0.4) is 0 Å². The molecule has 116 valence electrons. The summed E-state index contributed by atoms with van der Waals surface area (Å²) in [4.78, 5) is 13.1. The topological polar surface area (TPSA) is 69.7 Å². The monoisotopic (exact) mass is 315 g/mol. The summed E-state index contributed by atoms with van der Waals surface area (Å²) < 4.78 is 40.1. The maximum absolute atomic E-state index is 13.8. The first-order valence-electron chi connectivity index (χ1n) is 6.54. The summed E-state index contributed by atoms with van der Waals surface area (Å²) in [7, 11) is -0.929. The number of rotatable bonds is 3. The molecule has 6 nitrogen and oxygen atoms in total. The Balaban J connectivity index is 2.41. The lowest BCUT2D eigenvalue weighted by molar-refractivity contribution is -0.133. The van der Waals surface area contributed by atoms with Crippen molar-refractivity contribution in [2.75, 3.05) is 33.7 Å². The number of nitrogens with one attached hydrogen (secondary N) is 1. The molecule has 1 aliphatic heterocycles. The Morgan fingerprint density at radius 2 is 2.05 bits per heavy atom. The highest BCUT2D eigenvalue weighted by Crippen LogP contribution is 2.22. The van der Waals surface area contributed by atoms with Crippen LogP contribution in [0.5, 0.6) is 0 Å². The van der Waals surface area contributed by atoms with E-state index in [2.05, 4.69) is 5.32 Å². The first kappa shape index (κ1) is 15.9. The van der Waals surface area contributed by atoms with Crippen LogP contribution in [0.2, 0.25) is 0 Å². The normalized spacial score (nSPS) is 20.2. The van der Waals surface area contributed by atoms with Gasteiger partial charge >= 0.3 is 0 Å². The van der Waals surface area contributed by atoms with E-state index in [1.54, 1.807) is 14.1 Å². The minimum atomic E-state index is -4.05. The Kier molecular flexibility index (Phi) is 4.60. The van der Waals surface area contributed by atoms with Crippen LogP contribution >= 0.6 is 0 Å². The van der Waals surface area contributed by atoms with E-state index in [0.29, 0.717) is 6.54 Å². The smallest absolute Gasteiger partial charge is 0.246 e. The number of piperazine rings is 1. The fraction of sp³-hybridized carbons (Fsp3) is 0.462. The molecule has 0 bridgehead atoms. The number of carbonyl (C=O) groups excluding carboxylic acids is 1. The second-order valence-electron chi connectivity index (χ2n) is 5.00. The molecule has 1 aromatic rings. The van der Waals surface area contributed by atoms with Gasteiger partial charge in [0, 0.05) is 33.7 Å². The van der Waals surface area contributed by atoms with E-state index in [1.165, 1.54) is 23.1 Å². The van der Waals surface area contributed by atoms with Crippen LogP contribution < -0.4 is 5.32 Å². The third-order valence-corrected chi connectivity index (χ3v) is 5.28. The molecule has 1 fully saturated rings. The molecule has 0 saturated carbocycles. The molecule has 1 N–H and O–H groups in total. The SMILES string of the molecule is CN(C)C(=O)C1CNCCN1S(=O)(=O)c1ccccc1F. The molecule has 1 amide bonds. The minimum Gasteiger partial charge on any atom is -0.347 e. The van der Waals surface area contributed by atoms with E-state index in [4.69, 9.17) is 0 Å². The second kappa shape index (κ2) is 6.08. The third kappa shape index (κ3) is 3.07. The maximum atomic E-state index is 13.8. The molecule has 0 spiro atoms. The van der Waals surface area contributed by atoms with Gasteiger partial charge < -0.3 is 10.2 Å². The van der Waals surface area contributed by atoms with Gasteiger partial charge in [-0.1, -0.05) is 12.1 Å². The van der Waals surface area contributed by atoms with Crippen molar-refractivity contribution in [2.24, 2.45) is 0 Å². The van der Waals surface area contributed by atoms with Gasteiger partial charge in [-0.05, 0) is 12.1 Å². The molecule has 1 unspecified atom stereocenters. The molecular weight excluding hydrogens is 297 g/mol. The Bertz CT molecular complexity index is 633. The van der Waals surface area contributed by atoms with Gasteiger partial charge in [-0.25, -0.2) is 12.8 Å². The number of halogens is 1. The molecule has 1 atom stereocenters. The molecule has 0 radical (unpaired) electrons. The van der Waals surface area contributed by atoms with Crippen molar-refractivity contribution in [3.8, 4) is 0 Å². The molecule has 21 heavy (non-hydrogen) atoms. The summed E-state index contributed by atoms with van der Waals surface area (Å²) in [6, 6.07) is 4.33. The van der Waals surface area contributed by atoms with Crippen LogP contribution in [-0.2, 0) is 14.8 Å². The van der Waals surface area contributed by atoms with Crippen molar-refractivity contribution < 1.29 is 17.6 Å². The predicted molar refractivity (Wildman–Crippen MR) is 75.6 cm³/mol. The van der Waals surface area contributed by atoms with Crippen molar-refractivity contribution in [3.05, 3.63) is 30.1 Å². The van der Waals surface area contributed by atoms with Gasteiger partial charge in [0.1, 0.15) is 16.8 Å². The molecule has 1 aliphatic rings. The lowest BCUT2D eigenvalue weighted by Gasteiger charge is -2.35. The number of benzene rings is 1. The van der Waals surface area contributed by atoms with Crippen LogP contribution in [0.4, 0.5) is 4.39 Å². The summed E-state index contributed by atoms with van der Waals surface area (Å²) in [6.07, 6.45) is 0. The van der Waals surface area contributed by atoms with Crippen molar-refractivity contribution >= 4 is 15.9 Å². The van der Waals surface area contributed by atoms with E-state index >= 15 is 0 Å². The van der Waals surface area contributed by atoms with Gasteiger partial charge in [0.25, 0.3) is 0 Å². The highest BCUT2D eigenvalue weighted by atomic mass is 32.2.